The minimum absolute atomic E-state index is 0.0654. The first-order valence-electron chi connectivity index (χ1n) is 8.83. The Bertz CT molecular complexity index is 908. The van der Waals surface area contributed by atoms with Crippen LogP contribution in [-0.2, 0) is 9.53 Å². The van der Waals surface area contributed by atoms with Gasteiger partial charge < -0.3 is 19.9 Å². The van der Waals surface area contributed by atoms with Crippen LogP contribution in [0, 0.1) is 17.0 Å². The highest BCUT2D eigenvalue weighted by molar-refractivity contribution is 5.97. The monoisotopic (exact) mass is 402 g/mol. The van der Waals surface area contributed by atoms with Crippen molar-refractivity contribution in [3.63, 3.8) is 0 Å². The molecule has 0 heterocycles. The summed E-state index contributed by atoms with van der Waals surface area (Å²) in [5.41, 5.74) is -0.876. The Labute approximate surface area is 167 Å². The summed E-state index contributed by atoms with van der Waals surface area (Å²) in [4.78, 5) is 34.3. The van der Waals surface area contributed by atoms with Gasteiger partial charge in [0.05, 0.1) is 17.1 Å². The summed E-state index contributed by atoms with van der Waals surface area (Å²) >= 11 is 0. The van der Waals surface area contributed by atoms with Gasteiger partial charge >= 0.3 is 5.97 Å². The number of aliphatic hydroxyl groups is 1. The molecule has 0 aliphatic heterocycles. The molecule has 0 saturated heterocycles. The second-order valence-corrected chi connectivity index (χ2v) is 6.52. The summed E-state index contributed by atoms with van der Waals surface area (Å²) in [7, 11) is 0. The maximum absolute atomic E-state index is 12.4. The number of ether oxygens (including phenoxy) is 2. The normalized spacial score (nSPS) is 12.6. The smallest absolute Gasteiger partial charge is 0.338 e. The van der Waals surface area contributed by atoms with Crippen molar-refractivity contribution in [2.75, 3.05) is 18.5 Å². The number of anilines is 1. The molecule has 0 aliphatic rings. The molecule has 1 atom stereocenters. The van der Waals surface area contributed by atoms with Crippen LogP contribution in [0.2, 0.25) is 0 Å². The van der Waals surface area contributed by atoms with E-state index in [1.165, 1.54) is 49.4 Å². The van der Waals surface area contributed by atoms with Crippen molar-refractivity contribution in [2.45, 2.75) is 26.4 Å². The number of rotatable bonds is 8. The van der Waals surface area contributed by atoms with E-state index in [4.69, 9.17) is 9.47 Å². The van der Waals surface area contributed by atoms with Gasteiger partial charge in [-0.15, -0.1) is 0 Å². The Hall–Kier alpha value is -3.46. The van der Waals surface area contributed by atoms with Crippen LogP contribution in [0.1, 0.15) is 29.8 Å². The molecule has 0 aromatic heterocycles. The fraction of sp³-hybridized carbons (Fsp3) is 0.300. The average Bonchev–Trinajstić information content (AvgIpc) is 2.66. The molecule has 0 radical (unpaired) electrons. The summed E-state index contributed by atoms with van der Waals surface area (Å²) in [5.74, 6) is -0.824. The van der Waals surface area contributed by atoms with Crippen molar-refractivity contribution in [2.24, 2.45) is 0 Å². The van der Waals surface area contributed by atoms with Crippen LogP contribution in [0.15, 0.2) is 42.5 Å². The Morgan fingerprint density at radius 1 is 1.21 bits per heavy atom. The minimum Gasteiger partial charge on any atom is -0.490 e. The van der Waals surface area contributed by atoms with Gasteiger partial charge in [-0.2, -0.15) is 0 Å². The first-order valence-corrected chi connectivity index (χ1v) is 8.83. The highest BCUT2D eigenvalue weighted by Crippen LogP contribution is 2.22. The number of aryl methyl sites for hydroxylation is 1. The lowest BCUT2D eigenvalue weighted by Crippen LogP contribution is -2.45. The molecular weight excluding hydrogens is 380 g/mol. The molecule has 9 heteroatoms. The zero-order chi connectivity index (χ0) is 21.6. The van der Waals surface area contributed by atoms with E-state index in [0.717, 1.165) is 0 Å². The summed E-state index contributed by atoms with van der Waals surface area (Å²) in [5, 5.41) is 23.8. The van der Waals surface area contributed by atoms with Gasteiger partial charge in [-0.25, -0.2) is 4.79 Å². The number of nitro benzene ring substituents is 1. The minimum atomic E-state index is -1.87. The lowest BCUT2D eigenvalue weighted by atomic mass is 10.1. The Morgan fingerprint density at radius 3 is 2.41 bits per heavy atom. The second-order valence-electron chi connectivity index (χ2n) is 6.52. The first kappa shape index (κ1) is 21.8. The molecule has 0 saturated carbocycles. The van der Waals surface area contributed by atoms with E-state index in [1.54, 1.807) is 13.8 Å². The lowest BCUT2D eigenvalue weighted by Gasteiger charge is -2.22. The number of nitrogens with one attached hydrogen (secondary N) is 1. The van der Waals surface area contributed by atoms with E-state index in [0.29, 0.717) is 22.6 Å². The van der Waals surface area contributed by atoms with E-state index in [2.05, 4.69) is 5.32 Å². The molecular formula is C20H22N2O7. The Balaban J connectivity index is 1.98. The van der Waals surface area contributed by atoms with Crippen molar-refractivity contribution in [1.29, 1.82) is 0 Å². The number of hydrogen-bond acceptors (Lipinski definition) is 7. The summed E-state index contributed by atoms with van der Waals surface area (Å²) in [6.07, 6.45) is 0. The third kappa shape index (κ3) is 5.76. The largest absolute Gasteiger partial charge is 0.490 e. The van der Waals surface area contributed by atoms with Crippen LogP contribution in [0.25, 0.3) is 0 Å². The number of benzene rings is 2. The van der Waals surface area contributed by atoms with Crippen molar-refractivity contribution in [3.05, 3.63) is 63.7 Å². The molecule has 1 amide bonds. The topological polar surface area (TPSA) is 128 Å². The number of carbonyl (C=O) groups is 2. The summed E-state index contributed by atoms with van der Waals surface area (Å²) in [6, 6.07) is 10.2. The first-order chi connectivity index (χ1) is 13.6. The third-order valence-corrected chi connectivity index (χ3v) is 4.03. The predicted octanol–water partition coefficient (Wildman–Crippen LogP) is 2.85. The van der Waals surface area contributed by atoms with Gasteiger partial charge in [0.25, 0.3) is 11.6 Å². The molecule has 29 heavy (non-hydrogen) atoms. The molecule has 154 valence electrons. The van der Waals surface area contributed by atoms with Crippen molar-refractivity contribution < 1.29 is 29.1 Å². The second kappa shape index (κ2) is 9.16. The summed E-state index contributed by atoms with van der Waals surface area (Å²) in [6.45, 7) is 4.47. The van der Waals surface area contributed by atoms with Gasteiger partial charge in [0.2, 0.25) is 0 Å². The molecule has 9 nitrogen and oxygen atoms in total. The molecule has 1 unspecified atom stereocenters. The van der Waals surface area contributed by atoms with E-state index < -0.39 is 22.4 Å². The van der Waals surface area contributed by atoms with Gasteiger partial charge in [0.15, 0.2) is 5.60 Å². The summed E-state index contributed by atoms with van der Waals surface area (Å²) < 4.78 is 10.3. The number of nitrogens with zero attached hydrogens (tertiary/aromatic N) is 1. The van der Waals surface area contributed by atoms with E-state index in [-0.39, 0.29) is 18.9 Å². The zero-order valence-electron chi connectivity index (χ0n) is 16.3. The maximum Gasteiger partial charge on any atom is 0.338 e. The van der Waals surface area contributed by atoms with Gasteiger partial charge in [-0.1, -0.05) is 0 Å². The highest BCUT2D eigenvalue weighted by atomic mass is 16.6. The van der Waals surface area contributed by atoms with E-state index in [1.807, 2.05) is 0 Å². The van der Waals surface area contributed by atoms with Crippen LogP contribution in [0.5, 0.6) is 5.75 Å². The number of amides is 1. The van der Waals surface area contributed by atoms with Gasteiger partial charge in [0.1, 0.15) is 12.4 Å². The quantitative estimate of drug-likeness (QED) is 0.395. The molecule has 2 rings (SSSR count). The number of nitro groups is 1. The highest BCUT2D eigenvalue weighted by Gasteiger charge is 2.31. The van der Waals surface area contributed by atoms with Crippen LogP contribution >= 0.6 is 0 Å². The number of carbonyl (C=O) groups excluding carboxylic acids is 2. The molecule has 2 aromatic carbocycles. The molecule has 2 aromatic rings. The Morgan fingerprint density at radius 2 is 1.86 bits per heavy atom. The van der Waals surface area contributed by atoms with Crippen molar-refractivity contribution in [1.82, 2.24) is 0 Å². The lowest BCUT2D eigenvalue weighted by molar-refractivity contribution is -0.385. The molecule has 0 bridgehead atoms. The fourth-order valence-corrected chi connectivity index (χ4v) is 2.39. The van der Waals surface area contributed by atoms with Crippen molar-refractivity contribution >= 4 is 23.3 Å². The number of hydrogen-bond donors (Lipinski definition) is 2. The van der Waals surface area contributed by atoms with Crippen LogP contribution in [0.4, 0.5) is 11.4 Å². The molecule has 0 aliphatic carbocycles. The van der Waals surface area contributed by atoms with Crippen LogP contribution in [-0.4, -0.2) is 40.7 Å². The van der Waals surface area contributed by atoms with Gasteiger partial charge in [-0.05, 0) is 57.2 Å². The number of esters is 1. The predicted molar refractivity (Wildman–Crippen MR) is 105 cm³/mol. The molecule has 0 spiro atoms. The Kier molecular flexibility index (Phi) is 6.89. The van der Waals surface area contributed by atoms with E-state index >= 15 is 0 Å². The maximum atomic E-state index is 12.4. The standard InChI is InChI=1S/C20H22N2O7/c1-4-28-18(23)14-5-8-16(9-6-14)29-12-20(3,25)19(24)21-15-7-10-17(22(26)27)13(2)11-15/h5-11,25H,4,12H2,1-3H3,(H,21,24). The fourth-order valence-electron chi connectivity index (χ4n) is 2.39. The van der Waals surface area contributed by atoms with Gasteiger partial charge in [0, 0.05) is 17.3 Å². The van der Waals surface area contributed by atoms with Gasteiger partial charge in [-0.3, -0.25) is 14.9 Å². The molecule has 0 fully saturated rings. The third-order valence-electron chi connectivity index (χ3n) is 4.03. The average molecular weight is 402 g/mol. The zero-order valence-corrected chi connectivity index (χ0v) is 16.3. The van der Waals surface area contributed by atoms with Crippen LogP contribution < -0.4 is 10.1 Å². The van der Waals surface area contributed by atoms with Crippen LogP contribution in [0.3, 0.4) is 0 Å². The SMILES string of the molecule is CCOC(=O)c1ccc(OCC(C)(O)C(=O)Nc2ccc([N+](=O)[O-])c(C)c2)cc1. The molecule has 2 N–H and O–H groups in total. The van der Waals surface area contributed by atoms with E-state index in [9.17, 15) is 24.8 Å². The van der Waals surface area contributed by atoms with Crippen molar-refractivity contribution in [3.8, 4) is 5.75 Å².